The Morgan fingerprint density at radius 2 is 1.91 bits per heavy atom. The molecule has 2 atom stereocenters. The van der Waals surface area contributed by atoms with Crippen LogP contribution in [-0.2, 0) is 14.6 Å². The van der Waals surface area contributed by atoms with Gasteiger partial charge in [0.05, 0.1) is 10.6 Å². The number of rotatable bonds is 6. The highest BCUT2D eigenvalue weighted by molar-refractivity contribution is 7.91. The standard InChI is InChI=1S/C15H21FN2O3S.ClH/c16-12-4-6-13(7-5-12)22(20,21)9-8-18-15(19)14-3-1-2-11(14)10-17;/h4-7,11,14H,1-3,8-10,17H2,(H,18,19);1H/t11-,14-;/m1./s1. The first kappa shape index (κ1) is 19.9. The molecule has 0 bridgehead atoms. The smallest absolute Gasteiger partial charge is 0.223 e. The van der Waals surface area contributed by atoms with Gasteiger partial charge < -0.3 is 11.1 Å². The van der Waals surface area contributed by atoms with Crippen molar-refractivity contribution in [3.63, 3.8) is 0 Å². The summed E-state index contributed by atoms with van der Waals surface area (Å²) in [6.45, 7) is 0.526. The van der Waals surface area contributed by atoms with Gasteiger partial charge in [-0.1, -0.05) is 6.42 Å². The molecule has 1 fully saturated rings. The van der Waals surface area contributed by atoms with E-state index >= 15 is 0 Å². The van der Waals surface area contributed by atoms with Gasteiger partial charge in [0.25, 0.3) is 0 Å². The topological polar surface area (TPSA) is 89.3 Å². The Morgan fingerprint density at radius 1 is 1.26 bits per heavy atom. The molecule has 1 amide bonds. The molecule has 1 aliphatic carbocycles. The summed E-state index contributed by atoms with van der Waals surface area (Å²) in [4.78, 5) is 12.1. The minimum Gasteiger partial charge on any atom is -0.355 e. The first-order valence-corrected chi connectivity index (χ1v) is 9.05. The van der Waals surface area contributed by atoms with Crippen molar-refractivity contribution in [2.75, 3.05) is 18.8 Å². The minimum absolute atomic E-state index is 0. The van der Waals surface area contributed by atoms with Gasteiger partial charge in [0.1, 0.15) is 5.82 Å². The lowest BCUT2D eigenvalue weighted by Gasteiger charge is -2.17. The molecule has 0 spiro atoms. The summed E-state index contributed by atoms with van der Waals surface area (Å²) in [5.74, 6) is -0.736. The summed E-state index contributed by atoms with van der Waals surface area (Å²) in [7, 11) is -3.52. The number of nitrogens with one attached hydrogen (secondary N) is 1. The summed E-state index contributed by atoms with van der Waals surface area (Å²) >= 11 is 0. The molecular weight excluding hydrogens is 343 g/mol. The van der Waals surface area contributed by atoms with E-state index < -0.39 is 15.7 Å². The maximum absolute atomic E-state index is 12.8. The summed E-state index contributed by atoms with van der Waals surface area (Å²) in [6.07, 6.45) is 2.73. The maximum Gasteiger partial charge on any atom is 0.223 e. The van der Waals surface area contributed by atoms with Crippen LogP contribution in [0.15, 0.2) is 29.2 Å². The fourth-order valence-electron chi connectivity index (χ4n) is 2.86. The Labute approximate surface area is 142 Å². The van der Waals surface area contributed by atoms with Gasteiger partial charge in [0.2, 0.25) is 5.91 Å². The Balaban J connectivity index is 0.00000264. The fourth-order valence-corrected chi connectivity index (χ4v) is 4.02. The third-order valence-electron chi connectivity index (χ3n) is 4.14. The molecule has 1 aromatic carbocycles. The number of hydrogen-bond donors (Lipinski definition) is 2. The van der Waals surface area contributed by atoms with Crippen molar-refractivity contribution in [3.05, 3.63) is 30.1 Å². The Kier molecular flexibility index (Phi) is 7.44. The number of benzene rings is 1. The van der Waals surface area contributed by atoms with E-state index in [1.54, 1.807) is 0 Å². The quantitative estimate of drug-likeness (QED) is 0.749. The summed E-state index contributed by atoms with van der Waals surface area (Å²) < 4.78 is 37.0. The number of sulfone groups is 1. The van der Waals surface area contributed by atoms with Crippen molar-refractivity contribution in [1.82, 2.24) is 5.32 Å². The number of amides is 1. The zero-order chi connectivity index (χ0) is 16.2. The zero-order valence-corrected chi connectivity index (χ0v) is 14.3. The van der Waals surface area contributed by atoms with Crippen LogP contribution in [-0.4, -0.2) is 33.2 Å². The van der Waals surface area contributed by atoms with Crippen molar-refractivity contribution in [2.24, 2.45) is 17.6 Å². The Morgan fingerprint density at radius 3 is 2.52 bits per heavy atom. The highest BCUT2D eigenvalue weighted by atomic mass is 35.5. The predicted molar refractivity (Wildman–Crippen MR) is 88.6 cm³/mol. The molecule has 130 valence electrons. The third-order valence-corrected chi connectivity index (χ3v) is 5.87. The van der Waals surface area contributed by atoms with Crippen molar-refractivity contribution in [3.8, 4) is 0 Å². The van der Waals surface area contributed by atoms with Gasteiger partial charge >= 0.3 is 0 Å². The second-order valence-electron chi connectivity index (χ2n) is 5.60. The van der Waals surface area contributed by atoms with E-state index in [0.717, 1.165) is 31.4 Å². The van der Waals surface area contributed by atoms with Crippen LogP contribution in [0.3, 0.4) is 0 Å². The molecule has 5 nitrogen and oxygen atoms in total. The van der Waals surface area contributed by atoms with Crippen LogP contribution in [0.1, 0.15) is 19.3 Å². The summed E-state index contributed by atoms with van der Waals surface area (Å²) in [5, 5.41) is 2.68. The number of hydrogen-bond acceptors (Lipinski definition) is 4. The second-order valence-corrected chi connectivity index (χ2v) is 7.71. The Hall–Kier alpha value is -1.18. The van der Waals surface area contributed by atoms with Gasteiger partial charge in [0, 0.05) is 12.5 Å². The molecule has 0 radical (unpaired) electrons. The van der Waals surface area contributed by atoms with Gasteiger partial charge in [-0.25, -0.2) is 12.8 Å². The number of carbonyl (C=O) groups excluding carboxylic acids is 1. The molecule has 0 heterocycles. The van der Waals surface area contributed by atoms with Crippen LogP contribution >= 0.6 is 12.4 Å². The fraction of sp³-hybridized carbons (Fsp3) is 0.533. The van der Waals surface area contributed by atoms with Crippen molar-refractivity contribution in [1.29, 1.82) is 0 Å². The minimum atomic E-state index is -3.52. The molecule has 1 aromatic rings. The molecular formula is C15H22ClFN2O3S. The largest absolute Gasteiger partial charge is 0.355 e. The van der Waals surface area contributed by atoms with Crippen LogP contribution in [0.5, 0.6) is 0 Å². The normalized spacial score (nSPS) is 20.8. The van der Waals surface area contributed by atoms with E-state index in [1.165, 1.54) is 12.1 Å². The first-order chi connectivity index (χ1) is 10.4. The van der Waals surface area contributed by atoms with Crippen LogP contribution in [0, 0.1) is 17.7 Å². The van der Waals surface area contributed by atoms with E-state index in [0.29, 0.717) is 6.54 Å². The monoisotopic (exact) mass is 364 g/mol. The Bertz CT molecular complexity index is 622. The molecule has 1 aliphatic rings. The van der Waals surface area contributed by atoms with Crippen molar-refractivity contribution in [2.45, 2.75) is 24.2 Å². The molecule has 0 unspecified atom stereocenters. The molecule has 0 saturated heterocycles. The molecule has 0 aromatic heterocycles. The van der Waals surface area contributed by atoms with Crippen LogP contribution in [0.4, 0.5) is 4.39 Å². The van der Waals surface area contributed by atoms with E-state index in [-0.39, 0.29) is 47.3 Å². The molecule has 8 heteroatoms. The van der Waals surface area contributed by atoms with Gasteiger partial charge in [-0.15, -0.1) is 12.4 Å². The number of nitrogens with two attached hydrogens (primary N) is 1. The van der Waals surface area contributed by atoms with E-state index in [9.17, 15) is 17.6 Å². The van der Waals surface area contributed by atoms with Crippen molar-refractivity contribution >= 4 is 28.2 Å². The van der Waals surface area contributed by atoms with Crippen LogP contribution in [0.25, 0.3) is 0 Å². The average molecular weight is 365 g/mol. The second kappa shape index (κ2) is 8.61. The van der Waals surface area contributed by atoms with Gasteiger partial charge in [-0.05, 0) is 49.6 Å². The van der Waals surface area contributed by atoms with Crippen LogP contribution in [0.2, 0.25) is 0 Å². The summed E-state index contributed by atoms with van der Waals surface area (Å²) in [6, 6.07) is 4.67. The van der Waals surface area contributed by atoms with E-state index in [2.05, 4.69) is 5.32 Å². The van der Waals surface area contributed by atoms with Gasteiger partial charge in [-0.3, -0.25) is 4.79 Å². The zero-order valence-electron chi connectivity index (χ0n) is 12.7. The molecule has 1 saturated carbocycles. The van der Waals surface area contributed by atoms with E-state index in [1.807, 2.05) is 0 Å². The number of carbonyl (C=O) groups is 1. The van der Waals surface area contributed by atoms with Gasteiger partial charge in [0.15, 0.2) is 9.84 Å². The van der Waals surface area contributed by atoms with Gasteiger partial charge in [-0.2, -0.15) is 0 Å². The SMILES string of the molecule is Cl.NC[C@H]1CCC[C@H]1C(=O)NCCS(=O)(=O)c1ccc(F)cc1. The highest BCUT2D eigenvalue weighted by Crippen LogP contribution is 2.30. The highest BCUT2D eigenvalue weighted by Gasteiger charge is 2.31. The third kappa shape index (κ3) is 5.16. The molecule has 23 heavy (non-hydrogen) atoms. The lowest BCUT2D eigenvalue weighted by Crippen LogP contribution is -2.37. The average Bonchev–Trinajstić information content (AvgIpc) is 2.96. The molecule has 0 aliphatic heterocycles. The van der Waals surface area contributed by atoms with Crippen molar-refractivity contribution < 1.29 is 17.6 Å². The summed E-state index contributed by atoms with van der Waals surface area (Å²) in [5.41, 5.74) is 5.64. The van der Waals surface area contributed by atoms with E-state index in [4.69, 9.17) is 5.73 Å². The lowest BCUT2D eigenvalue weighted by molar-refractivity contribution is -0.125. The number of halogens is 2. The maximum atomic E-state index is 12.8. The predicted octanol–water partition coefficient (Wildman–Crippen LogP) is 1.51. The lowest BCUT2D eigenvalue weighted by atomic mass is 9.95. The first-order valence-electron chi connectivity index (χ1n) is 7.40. The molecule has 2 rings (SSSR count). The van der Waals surface area contributed by atoms with Crippen LogP contribution < -0.4 is 11.1 Å². The molecule has 3 N–H and O–H groups in total.